The lowest BCUT2D eigenvalue weighted by Crippen LogP contribution is -2.48. The van der Waals surface area contributed by atoms with Gasteiger partial charge in [-0.2, -0.15) is 0 Å². The second-order valence-electron chi connectivity index (χ2n) is 5.35. The Balaban J connectivity index is 2.01. The first-order valence-corrected chi connectivity index (χ1v) is 7.58. The van der Waals surface area contributed by atoms with Gasteiger partial charge >= 0.3 is 5.97 Å². The molecule has 1 aliphatic carbocycles. The molecule has 5 heteroatoms. The summed E-state index contributed by atoms with van der Waals surface area (Å²) in [7, 11) is 1.36. The van der Waals surface area contributed by atoms with Crippen molar-refractivity contribution < 1.29 is 14.3 Å². The molecule has 4 nitrogen and oxygen atoms in total. The van der Waals surface area contributed by atoms with Gasteiger partial charge in [0.1, 0.15) is 6.54 Å². The highest BCUT2D eigenvalue weighted by Gasteiger charge is 2.42. The number of carbonyl (C=O) groups excluding carboxylic acids is 2. The normalized spacial score (nSPS) is 24.3. The molecule has 0 N–H and O–H groups in total. The molecule has 2 atom stereocenters. The Labute approximate surface area is 126 Å². The zero-order valence-corrected chi connectivity index (χ0v) is 12.9. The standard InChI is InChI=1S/C15H16BrNO3/c1-20-14(18)8-17-13-4-2-3-10(13)12-7-9(16)5-6-11(12)15(17)19/h5-7,10,13H,2-4,8H2,1H3. The fourth-order valence-electron chi connectivity index (χ4n) is 3.41. The van der Waals surface area contributed by atoms with Gasteiger partial charge in [0.25, 0.3) is 5.91 Å². The molecular formula is C15H16BrNO3. The predicted octanol–water partition coefficient (Wildman–Crippen LogP) is 2.71. The number of esters is 1. The van der Waals surface area contributed by atoms with Crippen LogP contribution in [0.5, 0.6) is 0 Å². The molecule has 3 rings (SSSR count). The van der Waals surface area contributed by atoms with Gasteiger partial charge in [-0.25, -0.2) is 0 Å². The van der Waals surface area contributed by atoms with Crippen LogP contribution in [0.3, 0.4) is 0 Å². The summed E-state index contributed by atoms with van der Waals surface area (Å²) >= 11 is 3.47. The van der Waals surface area contributed by atoms with Crippen LogP contribution in [0.4, 0.5) is 0 Å². The molecule has 1 heterocycles. The van der Waals surface area contributed by atoms with E-state index in [0.717, 1.165) is 34.9 Å². The Kier molecular flexibility index (Phi) is 3.54. The Morgan fingerprint density at radius 1 is 1.45 bits per heavy atom. The SMILES string of the molecule is COC(=O)CN1C(=O)c2ccc(Br)cc2C2CCCC21. The third-order valence-electron chi connectivity index (χ3n) is 4.31. The summed E-state index contributed by atoms with van der Waals surface area (Å²) in [5.74, 6) is -0.0736. The molecule has 1 aromatic rings. The molecule has 20 heavy (non-hydrogen) atoms. The first-order chi connectivity index (χ1) is 9.61. The molecule has 1 fully saturated rings. The quantitative estimate of drug-likeness (QED) is 0.779. The van der Waals surface area contributed by atoms with E-state index in [1.54, 1.807) is 4.90 Å². The summed E-state index contributed by atoms with van der Waals surface area (Å²) in [5.41, 5.74) is 1.84. The van der Waals surface area contributed by atoms with Crippen molar-refractivity contribution in [2.45, 2.75) is 31.2 Å². The van der Waals surface area contributed by atoms with Crippen molar-refractivity contribution in [1.82, 2.24) is 4.90 Å². The largest absolute Gasteiger partial charge is 0.468 e. The van der Waals surface area contributed by atoms with E-state index in [1.165, 1.54) is 7.11 Å². The first-order valence-electron chi connectivity index (χ1n) is 6.79. The molecule has 1 aliphatic heterocycles. The molecule has 2 aliphatic rings. The number of carbonyl (C=O) groups is 2. The van der Waals surface area contributed by atoms with Crippen LogP contribution >= 0.6 is 15.9 Å². The van der Waals surface area contributed by atoms with Crippen LogP contribution in [0.1, 0.15) is 41.1 Å². The number of nitrogens with zero attached hydrogens (tertiary/aromatic N) is 1. The van der Waals surface area contributed by atoms with Gasteiger partial charge in [0.2, 0.25) is 0 Å². The monoisotopic (exact) mass is 337 g/mol. The van der Waals surface area contributed by atoms with E-state index < -0.39 is 0 Å². The molecular weight excluding hydrogens is 322 g/mol. The minimum Gasteiger partial charge on any atom is -0.468 e. The average Bonchev–Trinajstić information content (AvgIpc) is 2.92. The number of fused-ring (bicyclic) bond motifs is 3. The summed E-state index contributed by atoms with van der Waals surface area (Å²) < 4.78 is 5.71. The van der Waals surface area contributed by atoms with Gasteiger partial charge in [-0.05, 0) is 36.6 Å². The van der Waals surface area contributed by atoms with Crippen LogP contribution in [0, 0.1) is 0 Å². The number of methoxy groups -OCH3 is 1. The summed E-state index contributed by atoms with van der Waals surface area (Å²) in [5, 5.41) is 0. The second kappa shape index (κ2) is 5.20. The Morgan fingerprint density at radius 2 is 2.25 bits per heavy atom. The zero-order valence-electron chi connectivity index (χ0n) is 11.3. The minimum atomic E-state index is -0.357. The van der Waals surface area contributed by atoms with Crippen molar-refractivity contribution >= 4 is 27.8 Å². The highest BCUT2D eigenvalue weighted by Crippen LogP contribution is 2.44. The number of hydrogen-bond acceptors (Lipinski definition) is 3. The molecule has 0 radical (unpaired) electrons. The van der Waals surface area contributed by atoms with Gasteiger partial charge in [-0.1, -0.05) is 22.4 Å². The van der Waals surface area contributed by atoms with E-state index in [9.17, 15) is 9.59 Å². The lowest BCUT2D eigenvalue weighted by molar-refractivity contribution is -0.141. The Bertz CT molecular complexity index is 572. The van der Waals surface area contributed by atoms with Crippen LogP contribution in [-0.2, 0) is 9.53 Å². The fraction of sp³-hybridized carbons (Fsp3) is 0.467. The first kappa shape index (κ1) is 13.6. The van der Waals surface area contributed by atoms with E-state index in [-0.39, 0.29) is 24.5 Å². The molecule has 1 amide bonds. The third kappa shape index (κ3) is 2.14. The maximum atomic E-state index is 12.6. The number of rotatable bonds is 2. The van der Waals surface area contributed by atoms with Crippen molar-refractivity contribution in [3.05, 3.63) is 33.8 Å². The molecule has 106 valence electrons. The maximum Gasteiger partial charge on any atom is 0.325 e. The van der Waals surface area contributed by atoms with Crippen LogP contribution in [0.15, 0.2) is 22.7 Å². The van der Waals surface area contributed by atoms with Gasteiger partial charge in [0.05, 0.1) is 7.11 Å². The molecule has 0 spiro atoms. The molecule has 0 aromatic heterocycles. The minimum absolute atomic E-state index is 0.0476. The van der Waals surface area contributed by atoms with Crippen LogP contribution in [-0.4, -0.2) is 36.5 Å². The fourth-order valence-corrected chi connectivity index (χ4v) is 3.79. The summed E-state index contributed by atoms with van der Waals surface area (Å²) in [6, 6.07) is 5.90. The highest BCUT2D eigenvalue weighted by atomic mass is 79.9. The van der Waals surface area contributed by atoms with Gasteiger partial charge < -0.3 is 9.64 Å². The lowest BCUT2D eigenvalue weighted by atomic mass is 9.85. The third-order valence-corrected chi connectivity index (χ3v) is 4.80. The molecule has 2 unspecified atom stereocenters. The van der Waals surface area contributed by atoms with E-state index in [4.69, 9.17) is 4.74 Å². The maximum absolute atomic E-state index is 12.6. The summed E-state index contributed by atoms with van der Waals surface area (Å²) in [6.07, 6.45) is 3.12. The van der Waals surface area contributed by atoms with E-state index in [1.807, 2.05) is 18.2 Å². The second-order valence-corrected chi connectivity index (χ2v) is 6.26. The zero-order chi connectivity index (χ0) is 14.3. The van der Waals surface area contributed by atoms with Crippen LogP contribution in [0.25, 0.3) is 0 Å². The average molecular weight is 338 g/mol. The van der Waals surface area contributed by atoms with E-state index >= 15 is 0 Å². The van der Waals surface area contributed by atoms with Crippen molar-refractivity contribution in [1.29, 1.82) is 0 Å². The predicted molar refractivity (Wildman–Crippen MR) is 77.6 cm³/mol. The van der Waals surface area contributed by atoms with Gasteiger partial charge in [-0.3, -0.25) is 9.59 Å². The van der Waals surface area contributed by atoms with Gasteiger partial charge in [0.15, 0.2) is 0 Å². The van der Waals surface area contributed by atoms with Crippen molar-refractivity contribution in [3.63, 3.8) is 0 Å². The van der Waals surface area contributed by atoms with Crippen molar-refractivity contribution in [2.75, 3.05) is 13.7 Å². The lowest BCUT2D eigenvalue weighted by Gasteiger charge is -2.38. The number of halogens is 1. The summed E-state index contributed by atoms with van der Waals surface area (Å²) in [4.78, 5) is 25.9. The van der Waals surface area contributed by atoms with Gasteiger partial charge in [-0.15, -0.1) is 0 Å². The summed E-state index contributed by atoms with van der Waals surface area (Å²) in [6.45, 7) is 0.0476. The number of ether oxygens (including phenoxy) is 1. The van der Waals surface area contributed by atoms with Crippen LogP contribution in [0.2, 0.25) is 0 Å². The molecule has 1 saturated carbocycles. The van der Waals surface area contributed by atoms with Gasteiger partial charge in [0, 0.05) is 22.0 Å². The smallest absolute Gasteiger partial charge is 0.325 e. The topological polar surface area (TPSA) is 46.6 Å². The number of benzene rings is 1. The van der Waals surface area contributed by atoms with Crippen molar-refractivity contribution in [3.8, 4) is 0 Å². The number of amides is 1. The Hall–Kier alpha value is -1.36. The van der Waals surface area contributed by atoms with Crippen molar-refractivity contribution in [2.24, 2.45) is 0 Å². The van der Waals surface area contributed by atoms with Crippen LogP contribution < -0.4 is 0 Å². The van der Waals surface area contributed by atoms with E-state index in [0.29, 0.717) is 5.92 Å². The highest BCUT2D eigenvalue weighted by molar-refractivity contribution is 9.10. The number of hydrogen-bond donors (Lipinski definition) is 0. The van der Waals surface area contributed by atoms with E-state index in [2.05, 4.69) is 15.9 Å². The molecule has 0 saturated heterocycles. The molecule has 0 bridgehead atoms. The molecule has 1 aromatic carbocycles. The Morgan fingerprint density at radius 3 is 3.00 bits per heavy atom.